The van der Waals surface area contributed by atoms with E-state index in [0.717, 1.165) is 11.1 Å². The van der Waals surface area contributed by atoms with Gasteiger partial charge in [-0.25, -0.2) is 9.59 Å². The number of aliphatic carboxylic acids is 1. The van der Waals surface area contributed by atoms with Crippen LogP contribution in [0.2, 0.25) is 0 Å². The molecule has 2 amide bonds. The lowest BCUT2D eigenvalue weighted by atomic mass is 9.98. The van der Waals surface area contributed by atoms with Gasteiger partial charge in [-0.2, -0.15) is 0 Å². The van der Waals surface area contributed by atoms with Gasteiger partial charge in [-0.1, -0.05) is 48.5 Å². The molecule has 1 fully saturated rings. The van der Waals surface area contributed by atoms with E-state index in [1.54, 1.807) is 0 Å². The minimum Gasteiger partial charge on any atom is -0.480 e. The maximum atomic E-state index is 12.6. The van der Waals surface area contributed by atoms with Gasteiger partial charge in [0.2, 0.25) is 5.91 Å². The molecule has 0 radical (unpaired) electrons. The fourth-order valence-corrected chi connectivity index (χ4v) is 4.31. The number of carboxylic acids is 1. The van der Waals surface area contributed by atoms with Crippen LogP contribution in [0.15, 0.2) is 48.5 Å². The number of fused-ring (bicyclic) bond motifs is 3. The summed E-state index contributed by atoms with van der Waals surface area (Å²) in [5.74, 6) is -1.54. The van der Waals surface area contributed by atoms with E-state index in [0.29, 0.717) is 13.0 Å². The summed E-state index contributed by atoms with van der Waals surface area (Å²) in [5.41, 5.74) is 3.37. The van der Waals surface area contributed by atoms with Gasteiger partial charge < -0.3 is 20.1 Å². The zero-order valence-electron chi connectivity index (χ0n) is 18.5. The molecule has 2 aromatic rings. The van der Waals surface area contributed by atoms with Crippen LogP contribution in [-0.4, -0.2) is 53.7 Å². The Morgan fingerprint density at radius 1 is 1.06 bits per heavy atom. The lowest BCUT2D eigenvalue weighted by molar-refractivity contribution is -0.155. The summed E-state index contributed by atoms with van der Waals surface area (Å²) in [6, 6.07) is 16.3. The van der Waals surface area contributed by atoms with Gasteiger partial charge in [0.25, 0.3) is 0 Å². The highest BCUT2D eigenvalue weighted by Crippen LogP contribution is 2.44. The smallest absolute Gasteiger partial charge is 0.407 e. The van der Waals surface area contributed by atoms with Crippen LogP contribution in [0.3, 0.4) is 0 Å². The number of hydrogen-bond acceptors (Lipinski definition) is 4. The zero-order chi connectivity index (χ0) is 23.0. The second-order valence-corrected chi connectivity index (χ2v) is 9.07. The summed E-state index contributed by atoms with van der Waals surface area (Å²) in [6.45, 7) is 3.57. The molecular weight excluding hydrogens is 408 g/mol. The maximum absolute atomic E-state index is 12.6. The summed E-state index contributed by atoms with van der Waals surface area (Å²) >= 11 is 0. The van der Waals surface area contributed by atoms with Gasteiger partial charge in [-0.05, 0) is 48.4 Å². The van der Waals surface area contributed by atoms with Gasteiger partial charge in [0.15, 0.2) is 0 Å². The Morgan fingerprint density at radius 3 is 2.19 bits per heavy atom. The van der Waals surface area contributed by atoms with Crippen LogP contribution in [0.1, 0.15) is 37.3 Å². The molecule has 7 heteroatoms. The molecule has 1 saturated carbocycles. The third kappa shape index (κ3) is 3.95. The summed E-state index contributed by atoms with van der Waals surface area (Å²) in [4.78, 5) is 37.5. The van der Waals surface area contributed by atoms with Gasteiger partial charge in [0, 0.05) is 25.4 Å². The number of rotatable bonds is 7. The molecule has 32 heavy (non-hydrogen) atoms. The van der Waals surface area contributed by atoms with Crippen molar-refractivity contribution in [2.75, 3.05) is 20.2 Å². The first-order valence-corrected chi connectivity index (χ1v) is 10.8. The first-order chi connectivity index (χ1) is 15.2. The van der Waals surface area contributed by atoms with Crippen molar-refractivity contribution in [3.05, 3.63) is 59.7 Å². The average molecular weight is 437 g/mol. The third-order valence-electron chi connectivity index (χ3n) is 6.78. The van der Waals surface area contributed by atoms with Gasteiger partial charge in [0.05, 0.1) is 0 Å². The SMILES string of the molecule is CN(C(=O)[C@H]1C[C@H]1CNC(=O)OCC1c2ccccc2-c2ccccc21)C(C)(C)C(=O)O. The van der Waals surface area contributed by atoms with E-state index >= 15 is 0 Å². The molecule has 0 bridgehead atoms. The monoisotopic (exact) mass is 436 g/mol. The molecule has 0 saturated heterocycles. The van der Waals surface area contributed by atoms with Gasteiger partial charge in [0.1, 0.15) is 12.1 Å². The lowest BCUT2D eigenvalue weighted by Gasteiger charge is -2.31. The van der Waals surface area contributed by atoms with Crippen molar-refractivity contribution in [2.24, 2.45) is 11.8 Å². The molecule has 2 aromatic carbocycles. The van der Waals surface area contributed by atoms with Crippen LogP contribution in [0.25, 0.3) is 11.1 Å². The molecule has 2 atom stereocenters. The normalized spacial score (nSPS) is 19.0. The molecule has 2 N–H and O–H groups in total. The number of hydrogen-bond donors (Lipinski definition) is 2. The second kappa shape index (κ2) is 8.30. The highest BCUT2D eigenvalue weighted by molar-refractivity contribution is 5.88. The third-order valence-corrected chi connectivity index (χ3v) is 6.78. The van der Waals surface area contributed by atoms with Gasteiger partial charge in [-0.15, -0.1) is 0 Å². The van der Waals surface area contributed by atoms with Gasteiger partial charge in [-0.3, -0.25) is 4.79 Å². The van der Waals surface area contributed by atoms with Crippen molar-refractivity contribution in [3.8, 4) is 11.1 Å². The summed E-state index contributed by atoms with van der Waals surface area (Å²) in [6.07, 6.45) is 0.117. The first-order valence-electron chi connectivity index (χ1n) is 10.8. The summed E-state index contributed by atoms with van der Waals surface area (Å²) < 4.78 is 5.52. The molecule has 4 rings (SSSR count). The maximum Gasteiger partial charge on any atom is 0.407 e. The molecule has 2 aliphatic rings. The van der Waals surface area contributed by atoms with E-state index in [4.69, 9.17) is 4.74 Å². The van der Waals surface area contributed by atoms with Crippen LogP contribution in [-0.2, 0) is 14.3 Å². The van der Waals surface area contributed by atoms with Crippen molar-refractivity contribution < 1.29 is 24.2 Å². The number of ether oxygens (including phenoxy) is 1. The Labute approximate surface area is 187 Å². The molecule has 0 aliphatic heterocycles. The largest absolute Gasteiger partial charge is 0.480 e. The number of alkyl carbamates (subject to hydrolysis) is 1. The number of nitrogens with zero attached hydrogens (tertiary/aromatic N) is 1. The molecule has 168 valence electrons. The highest BCUT2D eigenvalue weighted by Gasteiger charge is 2.48. The number of carbonyl (C=O) groups excluding carboxylic acids is 2. The first kappa shape index (κ1) is 21.9. The van der Waals surface area contributed by atoms with Crippen molar-refractivity contribution in [3.63, 3.8) is 0 Å². The number of carbonyl (C=O) groups is 3. The molecule has 0 unspecified atom stereocenters. The number of amides is 2. The van der Waals surface area contributed by atoms with Crippen LogP contribution < -0.4 is 5.32 Å². The Hall–Kier alpha value is -3.35. The summed E-state index contributed by atoms with van der Waals surface area (Å²) in [5, 5.41) is 12.1. The molecule has 0 aromatic heterocycles. The van der Waals surface area contributed by atoms with Gasteiger partial charge >= 0.3 is 12.1 Å². The molecule has 0 spiro atoms. The standard InChI is InChI=1S/C25H28N2O5/c1-25(2,23(29)30)27(3)22(28)20-12-15(20)13-26-24(31)32-14-21-18-10-6-4-8-16(18)17-9-5-7-11-19(17)21/h4-11,15,20-21H,12-14H2,1-3H3,(H,26,31)(H,29,30)/t15-,20-/m0/s1. The van der Waals surface area contributed by atoms with E-state index < -0.39 is 17.6 Å². The number of likely N-dealkylation sites (N-methyl/N-ethyl adjacent to an activating group) is 1. The Morgan fingerprint density at radius 2 is 1.62 bits per heavy atom. The minimum absolute atomic E-state index is 0.00435. The Bertz CT molecular complexity index is 1020. The summed E-state index contributed by atoms with van der Waals surface area (Å²) in [7, 11) is 1.50. The molecule has 7 nitrogen and oxygen atoms in total. The predicted molar refractivity (Wildman–Crippen MR) is 119 cm³/mol. The quantitative estimate of drug-likeness (QED) is 0.693. The van der Waals surface area contributed by atoms with Crippen molar-refractivity contribution >= 4 is 18.0 Å². The Kier molecular flexibility index (Phi) is 5.67. The zero-order valence-corrected chi connectivity index (χ0v) is 18.5. The predicted octanol–water partition coefficient (Wildman–Crippen LogP) is 3.48. The van der Waals surface area contributed by atoms with E-state index in [-0.39, 0.29) is 30.3 Å². The van der Waals surface area contributed by atoms with Crippen LogP contribution in [0.5, 0.6) is 0 Å². The van der Waals surface area contributed by atoms with Crippen LogP contribution >= 0.6 is 0 Å². The highest BCUT2D eigenvalue weighted by atomic mass is 16.5. The van der Waals surface area contributed by atoms with Crippen LogP contribution in [0, 0.1) is 11.8 Å². The number of benzene rings is 2. The molecular formula is C25H28N2O5. The second-order valence-electron chi connectivity index (χ2n) is 9.07. The number of carboxylic acid groups (broad SMARTS) is 1. The Balaban J connectivity index is 1.28. The molecule has 2 aliphatic carbocycles. The average Bonchev–Trinajstić information content (AvgIpc) is 3.50. The van der Waals surface area contributed by atoms with Crippen molar-refractivity contribution in [1.29, 1.82) is 0 Å². The number of nitrogens with one attached hydrogen (secondary N) is 1. The molecule has 0 heterocycles. The van der Waals surface area contributed by atoms with E-state index in [2.05, 4.69) is 29.6 Å². The van der Waals surface area contributed by atoms with E-state index in [1.807, 2.05) is 24.3 Å². The topological polar surface area (TPSA) is 95.9 Å². The lowest BCUT2D eigenvalue weighted by Crippen LogP contribution is -2.51. The van der Waals surface area contributed by atoms with E-state index in [1.165, 1.54) is 36.9 Å². The van der Waals surface area contributed by atoms with E-state index in [9.17, 15) is 19.5 Å². The minimum atomic E-state index is -1.27. The van der Waals surface area contributed by atoms with Crippen LogP contribution in [0.4, 0.5) is 4.79 Å². The van der Waals surface area contributed by atoms with Crippen molar-refractivity contribution in [2.45, 2.75) is 31.7 Å². The fraction of sp³-hybridized carbons (Fsp3) is 0.400. The fourth-order valence-electron chi connectivity index (χ4n) is 4.31. The van der Waals surface area contributed by atoms with Crippen molar-refractivity contribution in [1.82, 2.24) is 10.2 Å².